The molecule has 3 aliphatic rings. The van der Waals surface area contributed by atoms with Crippen molar-refractivity contribution < 1.29 is 27.8 Å². The first-order chi connectivity index (χ1) is 31.0. The SMILES string of the molecule is CC1(C)CCC(c2ccc(Cl)cc2)=C(CN2CCN(c3ccc(C(N)=O)cc3)CC2)C1.OP(O)CC1CCN(CCC(CSc2ccccc2)Nc2ccc(S)cc2SC(F)(F)F)CC1. The van der Waals surface area contributed by atoms with Crippen LogP contribution < -0.4 is 16.0 Å². The van der Waals surface area contributed by atoms with Gasteiger partial charge in [0.2, 0.25) is 5.91 Å². The molecular formula is C49H62ClF3N5O3PS3. The van der Waals surface area contributed by atoms with Gasteiger partial charge in [-0.2, -0.15) is 13.2 Å². The second-order valence-electron chi connectivity index (χ2n) is 17.9. The number of carbonyl (C=O) groups is 1. The summed E-state index contributed by atoms with van der Waals surface area (Å²) in [6.07, 6.45) is 6.65. The van der Waals surface area contributed by atoms with Crippen LogP contribution in [0.25, 0.3) is 5.57 Å². The van der Waals surface area contributed by atoms with Crippen LogP contribution in [0.4, 0.5) is 24.5 Å². The Hall–Kier alpha value is -2.91. The topological polar surface area (TPSA) is 105 Å². The first-order valence-corrected chi connectivity index (χ1v) is 26.3. The standard InChI is InChI=1S/C26H32ClN3O.C23H30F3N2O2PS3/c1-26(2)12-11-24(19-3-7-22(27)8-4-19)21(17-26)18-29-13-15-30(16-14-29)23-9-5-20(6-10-23)25(28)31;24-23(25,26)34-22-14-19(32)6-7-21(22)27-18(16-33-20-4-2-1-3-5-20)10-13-28-11-8-17(9-12-28)15-31(29)30/h3-10H,11-18H2,1-2H3,(H2,28,31);1-7,14,17-18,27,29-30,32H,8-13,15-16H2. The lowest BCUT2D eigenvalue weighted by Gasteiger charge is -2.39. The molecule has 4 aromatic rings. The molecule has 2 aliphatic heterocycles. The van der Waals surface area contributed by atoms with Crippen LogP contribution >= 0.6 is 56.1 Å². The van der Waals surface area contributed by atoms with E-state index < -0.39 is 13.9 Å². The number of primary amides is 1. The Morgan fingerprint density at radius 1 is 0.938 bits per heavy atom. The van der Waals surface area contributed by atoms with Crippen molar-refractivity contribution in [3.05, 3.63) is 119 Å². The Balaban J connectivity index is 0.000000216. The molecule has 1 atom stereocenters. The quantitative estimate of drug-likeness (QED) is 0.0426. The van der Waals surface area contributed by atoms with Crippen molar-refractivity contribution in [2.45, 2.75) is 78.6 Å². The Morgan fingerprint density at radius 3 is 2.25 bits per heavy atom. The van der Waals surface area contributed by atoms with Crippen LogP contribution in [-0.4, -0.2) is 101 Å². The molecule has 1 amide bonds. The molecule has 0 spiro atoms. The van der Waals surface area contributed by atoms with Crippen LogP contribution in [0.3, 0.4) is 0 Å². The lowest BCUT2D eigenvalue weighted by atomic mass is 9.73. The smallest absolute Gasteiger partial charge is 0.381 e. The molecule has 0 radical (unpaired) electrons. The number of anilines is 2. The second-order valence-corrected chi connectivity index (χ2v) is 22.2. The molecule has 2 fully saturated rings. The van der Waals surface area contributed by atoms with E-state index in [2.05, 4.69) is 58.6 Å². The van der Waals surface area contributed by atoms with Gasteiger partial charge in [0.1, 0.15) is 0 Å². The highest BCUT2D eigenvalue weighted by Crippen LogP contribution is 2.44. The first-order valence-electron chi connectivity index (χ1n) is 22.2. The highest BCUT2D eigenvalue weighted by Gasteiger charge is 2.32. The van der Waals surface area contributed by atoms with E-state index in [1.165, 1.54) is 23.6 Å². The molecule has 16 heteroatoms. The van der Waals surface area contributed by atoms with Crippen molar-refractivity contribution in [1.82, 2.24) is 9.80 Å². The summed E-state index contributed by atoms with van der Waals surface area (Å²) in [7, 11) is -1.85. The predicted molar refractivity (Wildman–Crippen MR) is 270 cm³/mol. The number of nitrogens with zero attached hydrogens (tertiary/aromatic N) is 3. The van der Waals surface area contributed by atoms with Gasteiger partial charge in [0.25, 0.3) is 0 Å². The number of piperidine rings is 1. The maximum Gasteiger partial charge on any atom is 0.446 e. The zero-order valence-electron chi connectivity index (χ0n) is 37.2. The van der Waals surface area contributed by atoms with E-state index in [-0.39, 0.29) is 28.6 Å². The maximum absolute atomic E-state index is 13.1. The number of rotatable bonds is 16. The Morgan fingerprint density at radius 2 is 1.62 bits per heavy atom. The third-order valence-electron chi connectivity index (χ3n) is 12.3. The van der Waals surface area contributed by atoms with Gasteiger partial charge in [0, 0.05) is 93.9 Å². The van der Waals surface area contributed by atoms with Crippen molar-refractivity contribution >= 4 is 79.0 Å². The van der Waals surface area contributed by atoms with Crippen molar-refractivity contribution in [3.8, 4) is 0 Å². The number of nitrogens with two attached hydrogens (primary N) is 1. The number of hydrogen-bond donors (Lipinski definition) is 5. The first kappa shape index (κ1) is 51.5. The van der Waals surface area contributed by atoms with Gasteiger partial charge >= 0.3 is 5.51 Å². The number of hydrogen-bond acceptors (Lipinski definition) is 10. The minimum atomic E-state index is -4.37. The molecule has 352 valence electrons. The largest absolute Gasteiger partial charge is 0.446 e. The summed E-state index contributed by atoms with van der Waals surface area (Å²) in [5.74, 6) is 0.691. The van der Waals surface area contributed by atoms with E-state index in [0.29, 0.717) is 33.6 Å². The summed E-state index contributed by atoms with van der Waals surface area (Å²) < 4.78 is 39.4. The highest BCUT2D eigenvalue weighted by atomic mass is 35.5. The summed E-state index contributed by atoms with van der Waals surface area (Å²) in [4.78, 5) is 38.9. The molecule has 2 heterocycles. The lowest BCUT2D eigenvalue weighted by molar-refractivity contribution is -0.0328. The van der Waals surface area contributed by atoms with Crippen molar-refractivity contribution in [3.63, 3.8) is 0 Å². The van der Waals surface area contributed by atoms with E-state index in [1.807, 2.05) is 66.7 Å². The minimum absolute atomic E-state index is 0.0241. The van der Waals surface area contributed by atoms with Gasteiger partial charge in [-0.15, -0.1) is 24.4 Å². The van der Waals surface area contributed by atoms with Gasteiger partial charge in [-0.3, -0.25) is 9.69 Å². The summed E-state index contributed by atoms with van der Waals surface area (Å²) in [6.45, 7) is 12.5. The molecule has 1 unspecified atom stereocenters. The number of halogens is 4. The van der Waals surface area contributed by atoms with E-state index in [0.717, 1.165) is 106 Å². The second kappa shape index (κ2) is 24.4. The average molecular weight is 989 g/mol. The number of amides is 1. The molecule has 0 aromatic heterocycles. The number of thioether (sulfide) groups is 2. The Bertz CT molecular complexity index is 2150. The molecule has 65 heavy (non-hydrogen) atoms. The molecule has 5 N–H and O–H groups in total. The minimum Gasteiger partial charge on any atom is -0.381 e. The van der Waals surface area contributed by atoms with Crippen molar-refractivity contribution in [2.24, 2.45) is 17.1 Å². The Labute approximate surface area is 403 Å². The Kier molecular flexibility index (Phi) is 19.3. The lowest BCUT2D eigenvalue weighted by Crippen LogP contribution is -2.47. The van der Waals surface area contributed by atoms with E-state index in [1.54, 1.807) is 29.5 Å². The number of alkyl halides is 3. The monoisotopic (exact) mass is 987 g/mol. The van der Waals surface area contributed by atoms with Crippen LogP contribution in [0.2, 0.25) is 5.02 Å². The fourth-order valence-corrected chi connectivity index (χ4v) is 11.7. The number of thiol groups is 1. The fourth-order valence-electron chi connectivity index (χ4n) is 8.77. The molecule has 4 aromatic carbocycles. The summed E-state index contributed by atoms with van der Waals surface area (Å²) in [6, 6.07) is 30.8. The average Bonchev–Trinajstić information content (AvgIpc) is 3.26. The van der Waals surface area contributed by atoms with Crippen LogP contribution in [0, 0.1) is 11.3 Å². The van der Waals surface area contributed by atoms with Gasteiger partial charge in [0.15, 0.2) is 8.38 Å². The number of carbonyl (C=O) groups excluding carboxylic acids is 1. The van der Waals surface area contributed by atoms with Gasteiger partial charge in [-0.25, -0.2) is 0 Å². The molecule has 0 saturated carbocycles. The molecule has 2 saturated heterocycles. The van der Waals surface area contributed by atoms with E-state index in [9.17, 15) is 27.8 Å². The van der Waals surface area contributed by atoms with Gasteiger partial charge < -0.3 is 30.6 Å². The third-order valence-corrected chi connectivity index (χ3v) is 15.7. The van der Waals surface area contributed by atoms with Gasteiger partial charge in [0.05, 0.1) is 0 Å². The van der Waals surface area contributed by atoms with E-state index >= 15 is 0 Å². The van der Waals surface area contributed by atoms with E-state index in [4.69, 9.17) is 17.3 Å². The predicted octanol–water partition coefficient (Wildman–Crippen LogP) is 11.8. The molecule has 0 bridgehead atoms. The zero-order chi connectivity index (χ0) is 46.6. The van der Waals surface area contributed by atoms with Crippen molar-refractivity contribution in [1.29, 1.82) is 0 Å². The normalized spacial score (nSPS) is 18.0. The van der Waals surface area contributed by atoms with Crippen molar-refractivity contribution in [2.75, 3.05) is 74.5 Å². The molecule has 7 rings (SSSR count). The van der Waals surface area contributed by atoms with Crippen LogP contribution in [-0.2, 0) is 0 Å². The highest BCUT2D eigenvalue weighted by molar-refractivity contribution is 8.00. The van der Waals surface area contributed by atoms with Crippen LogP contribution in [0.5, 0.6) is 0 Å². The number of benzene rings is 4. The van der Waals surface area contributed by atoms with Crippen LogP contribution in [0.15, 0.2) is 117 Å². The number of allylic oxidation sites excluding steroid dienone is 1. The molecule has 8 nitrogen and oxygen atoms in total. The van der Waals surface area contributed by atoms with Gasteiger partial charge in [-0.05, 0) is 153 Å². The fraction of sp³-hybridized carbons (Fsp3) is 0.449. The maximum atomic E-state index is 13.1. The van der Waals surface area contributed by atoms with Crippen LogP contribution in [0.1, 0.15) is 68.3 Å². The number of likely N-dealkylation sites (tertiary alicyclic amines) is 1. The summed E-state index contributed by atoms with van der Waals surface area (Å²) in [5, 5.41) is 4.17. The molecule has 1 aliphatic carbocycles. The number of nitrogens with one attached hydrogen (secondary N) is 1. The summed E-state index contributed by atoms with van der Waals surface area (Å²) >= 11 is 11.9. The summed E-state index contributed by atoms with van der Waals surface area (Å²) in [5.41, 5.74) is 7.94. The molecular weight excluding hydrogens is 926 g/mol. The van der Waals surface area contributed by atoms with Gasteiger partial charge in [-0.1, -0.05) is 61.4 Å². The third kappa shape index (κ3) is 17.0. The zero-order valence-corrected chi connectivity index (χ0v) is 41.3. The number of piperazine rings is 1.